The van der Waals surface area contributed by atoms with E-state index in [0.29, 0.717) is 18.5 Å². The van der Waals surface area contributed by atoms with Crippen LogP contribution in [0.25, 0.3) is 0 Å². The fourth-order valence-corrected chi connectivity index (χ4v) is 2.33. The Morgan fingerprint density at radius 3 is 2.65 bits per heavy atom. The van der Waals surface area contributed by atoms with Gasteiger partial charge in [-0.2, -0.15) is 0 Å². The van der Waals surface area contributed by atoms with E-state index >= 15 is 0 Å². The number of methoxy groups -OCH3 is 1. The monoisotopic (exact) mass is 341 g/mol. The first-order valence-electron chi connectivity index (χ1n) is 6.65. The standard InChI is InChI=1S/C15H20BrNO3/c1-11-10-12(16)7-8-13(11)15(19)17-9-5-3-4-6-14(18)20-2/h7-8,10H,3-6,9H2,1-2H3,(H,17,19). The first-order chi connectivity index (χ1) is 9.54. The lowest BCUT2D eigenvalue weighted by Gasteiger charge is -2.08. The summed E-state index contributed by atoms with van der Waals surface area (Å²) in [5, 5.41) is 2.89. The molecule has 0 saturated carbocycles. The van der Waals surface area contributed by atoms with E-state index in [1.807, 2.05) is 25.1 Å². The molecule has 0 bridgehead atoms. The van der Waals surface area contributed by atoms with Crippen molar-refractivity contribution in [3.8, 4) is 0 Å². The number of carbonyl (C=O) groups is 2. The number of amides is 1. The van der Waals surface area contributed by atoms with Crippen molar-refractivity contribution in [3.63, 3.8) is 0 Å². The molecule has 1 aromatic rings. The first-order valence-corrected chi connectivity index (χ1v) is 7.45. The minimum absolute atomic E-state index is 0.0528. The summed E-state index contributed by atoms with van der Waals surface area (Å²) in [6.45, 7) is 2.53. The molecule has 0 aliphatic rings. The van der Waals surface area contributed by atoms with Gasteiger partial charge in [-0.05, 0) is 43.5 Å². The highest BCUT2D eigenvalue weighted by atomic mass is 79.9. The minimum Gasteiger partial charge on any atom is -0.469 e. The van der Waals surface area contributed by atoms with E-state index in [1.165, 1.54) is 7.11 Å². The highest BCUT2D eigenvalue weighted by Gasteiger charge is 2.08. The smallest absolute Gasteiger partial charge is 0.305 e. The van der Waals surface area contributed by atoms with Crippen LogP contribution in [-0.2, 0) is 9.53 Å². The predicted molar refractivity (Wildman–Crippen MR) is 81.7 cm³/mol. The maximum absolute atomic E-state index is 12.0. The third kappa shape index (κ3) is 5.74. The number of esters is 1. The van der Waals surface area contributed by atoms with Gasteiger partial charge in [0.25, 0.3) is 5.91 Å². The van der Waals surface area contributed by atoms with Crippen molar-refractivity contribution in [2.45, 2.75) is 32.6 Å². The van der Waals surface area contributed by atoms with Crippen LogP contribution in [0.1, 0.15) is 41.6 Å². The summed E-state index contributed by atoms with van der Waals surface area (Å²) in [6, 6.07) is 5.59. The lowest BCUT2D eigenvalue weighted by atomic mass is 10.1. The van der Waals surface area contributed by atoms with Crippen molar-refractivity contribution >= 4 is 27.8 Å². The molecule has 1 rings (SSSR count). The Kier molecular flexibility index (Phi) is 7.30. The molecule has 5 heteroatoms. The molecule has 4 nitrogen and oxygen atoms in total. The third-order valence-electron chi connectivity index (χ3n) is 3.00. The number of halogens is 1. The first kappa shape index (κ1) is 16.7. The maximum Gasteiger partial charge on any atom is 0.305 e. The number of aryl methyl sites for hydroxylation is 1. The summed E-state index contributed by atoms with van der Waals surface area (Å²) in [4.78, 5) is 22.9. The van der Waals surface area contributed by atoms with Gasteiger partial charge >= 0.3 is 5.97 Å². The zero-order valence-corrected chi connectivity index (χ0v) is 13.5. The molecule has 0 radical (unpaired) electrons. The van der Waals surface area contributed by atoms with Crippen LogP contribution in [0.4, 0.5) is 0 Å². The molecule has 1 amide bonds. The molecule has 20 heavy (non-hydrogen) atoms. The number of nitrogens with one attached hydrogen (secondary N) is 1. The quantitative estimate of drug-likeness (QED) is 0.611. The van der Waals surface area contributed by atoms with Gasteiger partial charge in [0, 0.05) is 23.0 Å². The molecular weight excluding hydrogens is 322 g/mol. The van der Waals surface area contributed by atoms with Crippen LogP contribution >= 0.6 is 15.9 Å². The average Bonchev–Trinajstić information content (AvgIpc) is 2.42. The second-order valence-electron chi connectivity index (χ2n) is 4.60. The van der Waals surface area contributed by atoms with Crippen LogP contribution in [0.2, 0.25) is 0 Å². The number of hydrogen-bond acceptors (Lipinski definition) is 3. The lowest BCUT2D eigenvalue weighted by molar-refractivity contribution is -0.140. The van der Waals surface area contributed by atoms with Gasteiger partial charge in [-0.15, -0.1) is 0 Å². The highest BCUT2D eigenvalue weighted by Crippen LogP contribution is 2.15. The van der Waals surface area contributed by atoms with Crippen molar-refractivity contribution in [3.05, 3.63) is 33.8 Å². The second-order valence-corrected chi connectivity index (χ2v) is 5.52. The molecule has 0 unspecified atom stereocenters. The average molecular weight is 342 g/mol. The SMILES string of the molecule is COC(=O)CCCCCNC(=O)c1ccc(Br)cc1C. The summed E-state index contributed by atoms with van der Waals surface area (Å²) >= 11 is 3.37. The number of rotatable bonds is 7. The minimum atomic E-state index is -0.181. The van der Waals surface area contributed by atoms with Gasteiger partial charge in [0.15, 0.2) is 0 Å². The third-order valence-corrected chi connectivity index (χ3v) is 3.50. The summed E-state index contributed by atoms with van der Waals surface area (Å²) in [5.41, 5.74) is 1.64. The van der Waals surface area contributed by atoms with Crippen LogP contribution < -0.4 is 5.32 Å². The summed E-state index contributed by atoms with van der Waals surface area (Å²) in [6.07, 6.45) is 2.99. The van der Waals surface area contributed by atoms with Crippen LogP contribution in [0.3, 0.4) is 0 Å². The molecule has 0 saturated heterocycles. The van der Waals surface area contributed by atoms with Crippen LogP contribution in [-0.4, -0.2) is 25.5 Å². The Hall–Kier alpha value is -1.36. The summed E-state index contributed by atoms with van der Waals surface area (Å²) in [5.74, 6) is -0.234. The molecule has 0 fully saturated rings. The fourth-order valence-electron chi connectivity index (χ4n) is 1.85. The molecule has 1 N–H and O–H groups in total. The Labute approximate surface area is 128 Å². The van der Waals surface area contributed by atoms with Gasteiger partial charge < -0.3 is 10.1 Å². The Morgan fingerprint density at radius 1 is 1.25 bits per heavy atom. The topological polar surface area (TPSA) is 55.4 Å². The number of unbranched alkanes of at least 4 members (excludes halogenated alkanes) is 2. The summed E-state index contributed by atoms with van der Waals surface area (Å²) < 4.78 is 5.53. The maximum atomic E-state index is 12.0. The normalized spacial score (nSPS) is 10.2. The van der Waals surface area contributed by atoms with Gasteiger partial charge in [0.05, 0.1) is 7.11 Å². The van der Waals surface area contributed by atoms with Crippen molar-refractivity contribution in [2.75, 3.05) is 13.7 Å². The number of benzene rings is 1. The van der Waals surface area contributed by atoms with Crippen molar-refractivity contribution in [1.82, 2.24) is 5.32 Å². The number of carbonyl (C=O) groups excluding carboxylic acids is 2. The van der Waals surface area contributed by atoms with Crippen molar-refractivity contribution in [1.29, 1.82) is 0 Å². The van der Waals surface area contributed by atoms with Gasteiger partial charge in [0.1, 0.15) is 0 Å². The van der Waals surface area contributed by atoms with Crippen molar-refractivity contribution < 1.29 is 14.3 Å². The second kappa shape index (κ2) is 8.74. The molecule has 0 aliphatic heterocycles. The lowest BCUT2D eigenvalue weighted by Crippen LogP contribution is -2.25. The van der Waals surface area contributed by atoms with E-state index in [-0.39, 0.29) is 11.9 Å². The zero-order valence-electron chi connectivity index (χ0n) is 11.9. The molecule has 0 spiro atoms. The number of ether oxygens (including phenoxy) is 1. The molecule has 110 valence electrons. The van der Waals surface area contributed by atoms with E-state index in [0.717, 1.165) is 29.3 Å². The Bertz CT molecular complexity index is 474. The molecule has 0 aliphatic carbocycles. The van der Waals surface area contributed by atoms with E-state index in [9.17, 15) is 9.59 Å². The van der Waals surface area contributed by atoms with E-state index in [2.05, 4.69) is 26.0 Å². The summed E-state index contributed by atoms with van der Waals surface area (Å²) in [7, 11) is 1.39. The van der Waals surface area contributed by atoms with E-state index in [4.69, 9.17) is 0 Å². The Balaban J connectivity index is 2.25. The molecule has 1 aromatic carbocycles. The number of hydrogen-bond donors (Lipinski definition) is 1. The molecule has 0 atom stereocenters. The molecule has 0 heterocycles. The largest absolute Gasteiger partial charge is 0.469 e. The van der Waals surface area contributed by atoms with E-state index in [1.54, 1.807) is 0 Å². The van der Waals surface area contributed by atoms with Crippen LogP contribution in [0.15, 0.2) is 22.7 Å². The van der Waals surface area contributed by atoms with Gasteiger partial charge in [-0.25, -0.2) is 0 Å². The Morgan fingerprint density at radius 2 is 2.00 bits per heavy atom. The van der Waals surface area contributed by atoms with E-state index < -0.39 is 0 Å². The molecule has 0 aromatic heterocycles. The molecular formula is C15H20BrNO3. The van der Waals surface area contributed by atoms with Gasteiger partial charge in [0.2, 0.25) is 0 Å². The van der Waals surface area contributed by atoms with Gasteiger partial charge in [-0.1, -0.05) is 22.4 Å². The van der Waals surface area contributed by atoms with Crippen LogP contribution in [0.5, 0.6) is 0 Å². The predicted octanol–water partition coefficient (Wildman–Crippen LogP) is 3.22. The van der Waals surface area contributed by atoms with Crippen molar-refractivity contribution in [2.24, 2.45) is 0 Å². The fraction of sp³-hybridized carbons (Fsp3) is 0.467. The van der Waals surface area contributed by atoms with Crippen LogP contribution in [0, 0.1) is 6.92 Å². The zero-order chi connectivity index (χ0) is 15.0. The highest BCUT2D eigenvalue weighted by molar-refractivity contribution is 9.10. The van der Waals surface area contributed by atoms with Gasteiger partial charge in [-0.3, -0.25) is 9.59 Å².